The maximum Gasteiger partial charge on any atom is 0.253 e. The Morgan fingerprint density at radius 1 is 1.12 bits per heavy atom. The Bertz CT molecular complexity index is 911. The van der Waals surface area contributed by atoms with Crippen molar-refractivity contribution in [1.82, 2.24) is 5.32 Å². The molecule has 1 atom stereocenters. The molecule has 0 aliphatic rings. The average Bonchev–Trinajstić information content (AvgIpc) is 2.47. The summed E-state index contributed by atoms with van der Waals surface area (Å²) in [6.45, 7) is 5.91. The molecule has 1 amide bonds. The van der Waals surface area contributed by atoms with Crippen LogP contribution >= 0.6 is 11.6 Å². The zero-order valence-electron chi connectivity index (χ0n) is 14.6. The molecular formula is C18H21ClN2O3S. The van der Waals surface area contributed by atoms with Crippen molar-refractivity contribution in [2.75, 3.05) is 11.0 Å². The van der Waals surface area contributed by atoms with Crippen LogP contribution in [0.2, 0.25) is 5.02 Å². The van der Waals surface area contributed by atoms with Crippen LogP contribution in [0.1, 0.15) is 40.0 Å². The summed E-state index contributed by atoms with van der Waals surface area (Å²) >= 11 is 6.14. The van der Waals surface area contributed by atoms with E-state index in [9.17, 15) is 13.2 Å². The van der Waals surface area contributed by atoms with Gasteiger partial charge in [-0.15, -0.1) is 0 Å². The minimum absolute atomic E-state index is 0.180. The first-order valence-corrected chi connectivity index (χ1v) is 9.99. The lowest BCUT2D eigenvalue weighted by Gasteiger charge is -2.18. The summed E-state index contributed by atoms with van der Waals surface area (Å²) in [5.41, 5.74) is 3.86. The summed E-state index contributed by atoms with van der Waals surface area (Å²) < 4.78 is 24.8. The molecule has 0 aliphatic heterocycles. The number of hydrogen-bond donors (Lipinski definition) is 2. The van der Waals surface area contributed by atoms with Crippen LogP contribution in [-0.2, 0) is 10.0 Å². The van der Waals surface area contributed by atoms with Gasteiger partial charge in [-0.3, -0.25) is 9.52 Å². The molecular weight excluding hydrogens is 360 g/mol. The molecule has 5 nitrogen and oxygen atoms in total. The lowest BCUT2D eigenvalue weighted by molar-refractivity contribution is 0.0940. The number of halogens is 1. The van der Waals surface area contributed by atoms with Crippen LogP contribution in [0, 0.1) is 13.8 Å². The van der Waals surface area contributed by atoms with E-state index >= 15 is 0 Å². The Labute approximate surface area is 153 Å². The van der Waals surface area contributed by atoms with Gasteiger partial charge in [0.15, 0.2) is 0 Å². The smallest absolute Gasteiger partial charge is 0.253 e. The molecule has 0 spiro atoms. The lowest BCUT2D eigenvalue weighted by atomic mass is 9.99. The Kier molecular flexibility index (Phi) is 5.75. The van der Waals surface area contributed by atoms with Gasteiger partial charge in [-0.05, 0) is 50.1 Å². The quantitative estimate of drug-likeness (QED) is 0.827. The van der Waals surface area contributed by atoms with E-state index in [0.29, 0.717) is 5.69 Å². The van der Waals surface area contributed by atoms with E-state index in [1.165, 1.54) is 18.2 Å². The van der Waals surface area contributed by atoms with Crippen LogP contribution in [0.15, 0.2) is 36.4 Å². The maximum atomic E-state index is 12.5. The van der Waals surface area contributed by atoms with Crippen molar-refractivity contribution >= 4 is 33.2 Å². The fourth-order valence-electron chi connectivity index (χ4n) is 2.56. The van der Waals surface area contributed by atoms with Gasteiger partial charge in [-0.25, -0.2) is 8.42 Å². The van der Waals surface area contributed by atoms with Gasteiger partial charge in [0.25, 0.3) is 5.91 Å². The number of rotatable bonds is 5. The molecule has 0 saturated carbocycles. The van der Waals surface area contributed by atoms with Crippen molar-refractivity contribution in [3.63, 3.8) is 0 Å². The zero-order chi connectivity index (χ0) is 18.8. The predicted octanol–water partition coefficient (Wildman–Crippen LogP) is 3.82. The number of sulfonamides is 1. The molecule has 0 saturated heterocycles. The van der Waals surface area contributed by atoms with Crippen molar-refractivity contribution in [1.29, 1.82) is 0 Å². The second kappa shape index (κ2) is 7.45. The van der Waals surface area contributed by atoms with Gasteiger partial charge in [0.05, 0.1) is 22.9 Å². The summed E-state index contributed by atoms with van der Waals surface area (Å²) in [6.07, 6.45) is 1.05. The third-order valence-electron chi connectivity index (χ3n) is 3.77. The summed E-state index contributed by atoms with van der Waals surface area (Å²) in [5, 5.41) is 3.11. The standard InChI is InChI=1S/C18H21ClN2O3S/c1-11-5-6-12(2)16(9-11)13(3)20-18(22)15-8-7-14(10-17(15)19)21-25(4,23)24/h5-10,13,21H,1-4H3,(H,20,22)/t13-/m1/s1. The van der Waals surface area contributed by atoms with Crippen LogP contribution in [0.3, 0.4) is 0 Å². The van der Waals surface area contributed by atoms with E-state index in [1.807, 2.05) is 39.0 Å². The second-order valence-corrected chi connectivity index (χ2v) is 8.28. The Morgan fingerprint density at radius 3 is 2.40 bits per heavy atom. The fraction of sp³-hybridized carbons (Fsp3) is 0.278. The van der Waals surface area contributed by atoms with Gasteiger partial charge in [0.1, 0.15) is 0 Å². The first kappa shape index (κ1) is 19.3. The fourth-order valence-corrected chi connectivity index (χ4v) is 3.38. The normalized spacial score (nSPS) is 12.5. The molecule has 0 fully saturated rings. The molecule has 2 aromatic rings. The molecule has 0 aliphatic carbocycles. The first-order chi connectivity index (χ1) is 11.6. The van der Waals surface area contributed by atoms with Crippen molar-refractivity contribution in [2.24, 2.45) is 0 Å². The average molecular weight is 381 g/mol. The van der Waals surface area contributed by atoms with E-state index < -0.39 is 10.0 Å². The van der Waals surface area contributed by atoms with Gasteiger partial charge >= 0.3 is 0 Å². The largest absolute Gasteiger partial charge is 0.345 e. The number of anilines is 1. The predicted molar refractivity (Wildman–Crippen MR) is 102 cm³/mol. The SMILES string of the molecule is Cc1ccc(C)c([C@@H](C)NC(=O)c2ccc(NS(C)(=O)=O)cc2Cl)c1. The number of amides is 1. The monoisotopic (exact) mass is 380 g/mol. The first-order valence-electron chi connectivity index (χ1n) is 7.72. The Hall–Kier alpha value is -2.05. The van der Waals surface area contributed by atoms with E-state index in [-0.39, 0.29) is 22.5 Å². The summed E-state index contributed by atoms with van der Waals surface area (Å²) in [5.74, 6) is -0.315. The molecule has 0 aromatic heterocycles. The lowest BCUT2D eigenvalue weighted by Crippen LogP contribution is -2.27. The number of carbonyl (C=O) groups excluding carboxylic acids is 1. The van der Waals surface area contributed by atoms with Crippen molar-refractivity contribution in [3.8, 4) is 0 Å². The van der Waals surface area contributed by atoms with Crippen LogP contribution in [0.4, 0.5) is 5.69 Å². The van der Waals surface area contributed by atoms with E-state index in [1.54, 1.807) is 0 Å². The summed E-state index contributed by atoms with van der Waals surface area (Å²) in [7, 11) is -3.40. The molecule has 0 bridgehead atoms. The van der Waals surface area contributed by atoms with Crippen LogP contribution in [0.25, 0.3) is 0 Å². The molecule has 7 heteroatoms. The highest BCUT2D eigenvalue weighted by molar-refractivity contribution is 7.92. The maximum absolute atomic E-state index is 12.5. The highest BCUT2D eigenvalue weighted by Crippen LogP contribution is 2.24. The third-order valence-corrected chi connectivity index (χ3v) is 4.69. The number of nitrogens with one attached hydrogen (secondary N) is 2. The van der Waals surface area contributed by atoms with Crippen molar-refractivity contribution in [3.05, 3.63) is 63.7 Å². The second-order valence-electron chi connectivity index (χ2n) is 6.12. The highest BCUT2D eigenvalue weighted by Gasteiger charge is 2.16. The third kappa shape index (κ3) is 5.21. The van der Waals surface area contributed by atoms with Crippen LogP contribution < -0.4 is 10.0 Å². The molecule has 2 aromatic carbocycles. The molecule has 2 rings (SSSR count). The van der Waals surface area contributed by atoms with Gasteiger partial charge in [-0.2, -0.15) is 0 Å². The molecule has 25 heavy (non-hydrogen) atoms. The van der Waals surface area contributed by atoms with Crippen molar-refractivity contribution < 1.29 is 13.2 Å². The molecule has 134 valence electrons. The van der Waals surface area contributed by atoms with E-state index in [0.717, 1.165) is 22.9 Å². The molecule has 0 heterocycles. The molecule has 0 radical (unpaired) electrons. The van der Waals surface area contributed by atoms with Gasteiger partial charge < -0.3 is 5.32 Å². The number of aryl methyl sites for hydroxylation is 2. The number of hydrogen-bond acceptors (Lipinski definition) is 3. The minimum Gasteiger partial charge on any atom is -0.345 e. The Balaban J connectivity index is 2.19. The summed E-state index contributed by atoms with van der Waals surface area (Å²) in [6, 6.07) is 10.3. The summed E-state index contributed by atoms with van der Waals surface area (Å²) in [4.78, 5) is 12.5. The van der Waals surface area contributed by atoms with E-state index in [4.69, 9.17) is 11.6 Å². The van der Waals surface area contributed by atoms with Crippen LogP contribution in [-0.4, -0.2) is 20.6 Å². The number of carbonyl (C=O) groups is 1. The minimum atomic E-state index is -3.40. The van der Waals surface area contributed by atoms with Crippen LogP contribution in [0.5, 0.6) is 0 Å². The topological polar surface area (TPSA) is 75.3 Å². The number of benzene rings is 2. The molecule has 0 unspecified atom stereocenters. The Morgan fingerprint density at radius 2 is 1.80 bits per heavy atom. The highest BCUT2D eigenvalue weighted by atomic mass is 35.5. The van der Waals surface area contributed by atoms with Gasteiger partial charge in [0, 0.05) is 5.69 Å². The van der Waals surface area contributed by atoms with Gasteiger partial charge in [-0.1, -0.05) is 35.4 Å². The zero-order valence-corrected chi connectivity index (χ0v) is 16.1. The van der Waals surface area contributed by atoms with E-state index in [2.05, 4.69) is 10.0 Å². The van der Waals surface area contributed by atoms with Crippen molar-refractivity contribution in [2.45, 2.75) is 26.8 Å². The molecule has 2 N–H and O–H groups in total. The van der Waals surface area contributed by atoms with Gasteiger partial charge in [0.2, 0.25) is 10.0 Å².